The van der Waals surface area contributed by atoms with Crippen molar-refractivity contribution >= 4 is 0 Å². The van der Waals surface area contributed by atoms with Crippen LogP contribution in [0.3, 0.4) is 0 Å². The normalized spacial score (nSPS) is 23.2. The molecule has 2 nitrogen and oxygen atoms in total. The highest BCUT2D eigenvalue weighted by molar-refractivity contribution is 5.36. The minimum Gasteiger partial charge on any atom is -0.363 e. The summed E-state index contributed by atoms with van der Waals surface area (Å²) in [6.45, 7) is 2.93. The molecule has 2 aromatic rings. The van der Waals surface area contributed by atoms with E-state index in [9.17, 15) is 0 Å². The van der Waals surface area contributed by atoms with E-state index >= 15 is 0 Å². The average molecular weight is 254 g/mol. The van der Waals surface area contributed by atoms with Crippen LogP contribution in [0.5, 0.6) is 0 Å². The van der Waals surface area contributed by atoms with Crippen molar-refractivity contribution in [2.45, 2.75) is 12.6 Å². The van der Waals surface area contributed by atoms with E-state index in [0.717, 1.165) is 19.7 Å². The summed E-state index contributed by atoms with van der Waals surface area (Å²) in [5.41, 5.74) is 3.95. The lowest BCUT2D eigenvalue weighted by Crippen LogP contribution is -3.08. The molecule has 1 aliphatic heterocycles. The molecule has 0 saturated carbocycles. The number of hydrogen-bond acceptors (Lipinski definition) is 1. The lowest BCUT2D eigenvalue weighted by atomic mass is 9.96. The maximum Gasteiger partial charge on any atom is 0.108 e. The highest BCUT2D eigenvalue weighted by Gasteiger charge is 2.22. The first-order valence-corrected chi connectivity index (χ1v) is 6.90. The van der Waals surface area contributed by atoms with Gasteiger partial charge in [0.15, 0.2) is 0 Å². The number of hydrogen-bond donors (Lipinski definition) is 1. The Morgan fingerprint density at radius 2 is 1.74 bits per heavy atom. The van der Waals surface area contributed by atoms with Crippen LogP contribution in [0.4, 0.5) is 0 Å². The molecule has 2 heteroatoms. The quantitative estimate of drug-likeness (QED) is 0.819. The molecule has 0 amide bonds. The molecule has 1 aliphatic rings. The minimum absolute atomic E-state index is 0.0745. The zero-order valence-corrected chi connectivity index (χ0v) is 11.3. The monoisotopic (exact) mass is 254 g/mol. The summed E-state index contributed by atoms with van der Waals surface area (Å²) in [4.78, 5) is 1.50. The molecule has 1 N–H and O–H groups in total. The fourth-order valence-electron chi connectivity index (χ4n) is 2.71. The van der Waals surface area contributed by atoms with Gasteiger partial charge in [0.05, 0.1) is 13.7 Å². The summed E-state index contributed by atoms with van der Waals surface area (Å²) in [6, 6.07) is 19.2. The van der Waals surface area contributed by atoms with Gasteiger partial charge in [-0.1, -0.05) is 54.6 Å². The Morgan fingerprint density at radius 3 is 2.58 bits per heavy atom. The number of fused-ring (bicyclic) bond motifs is 1. The summed E-state index contributed by atoms with van der Waals surface area (Å²) < 4.78 is 6.15. The van der Waals surface area contributed by atoms with E-state index in [-0.39, 0.29) is 6.10 Å². The van der Waals surface area contributed by atoms with E-state index in [4.69, 9.17) is 4.74 Å². The third-order valence-electron chi connectivity index (χ3n) is 3.75. The Hall–Kier alpha value is -1.64. The first-order chi connectivity index (χ1) is 9.34. The van der Waals surface area contributed by atoms with Gasteiger partial charge in [0.25, 0.3) is 0 Å². The van der Waals surface area contributed by atoms with Crippen molar-refractivity contribution in [1.29, 1.82) is 0 Å². The molecule has 2 aromatic carbocycles. The van der Waals surface area contributed by atoms with E-state index in [1.54, 1.807) is 0 Å². The Morgan fingerprint density at radius 1 is 1.00 bits per heavy atom. The van der Waals surface area contributed by atoms with Gasteiger partial charge in [0.2, 0.25) is 0 Å². The Balaban J connectivity index is 2.03. The molecule has 0 radical (unpaired) electrons. The van der Waals surface area contributed by atoms with Crippen molar-refractivity contribution in [1.82, 2.24) is 0 Å². The van der Waals surface area contributed by atoms with Crippen LogP contribution in [-0.4, -0.2) is 20.2 Å². The highest BCUT2D eigenvalue weighted by atomic mass is 16.5. The van der Waals surface area contributed by atoms with Gasteiger partial charge in [-0.15, -0.1) is 0 Å². The van der Waals surface area contributed by atoms with Gasteiger partial charge in [-0.3, -0.25) is 0 Å². The van der Waals surface area contributed by atoms with Gasteiger partial charge >= 0.3 is 0 Å². The Bertz CT molecular complexity index is 538. The predicted octanol–water partition coefficient (Wildman–Crippen LogP) is 1.82. The number of likely N-dealkylation sites (N-methyl/N-ethyl adjacent to an activating group) is 1. The number of ether oxygens (including phenoxy) is 1. The van der Waals surface area contributed by atoms with Crippen molar-refractivity contribution in [3.05, 3.63) is 71.3 Å². The largest absolute Gasteiger partial charge is 0.363 e. The average Bonchev–Trinajstić information content (AvgIpc) is 2.43. The number of rotatable bonds is 1. The standard InChI is InChI=1S/C17H19NO/c1-18-11-12-19-17(14-7-3-2-4-8-14)16-10-6-5-9-15(16)13-18/h2-10,17H,11-13H2,1H3/p+1/t17-/m0/s1. The fraction of sp³-hybridized carbons (Fsp3) is 0.294. The van der Waals surface area contributed by atoms with E-state index in [0.29, 0.717) is 0 Å². The third kappa shape index (κ3) is 2.70. The van der Waals surface area contributed by atoms with Crippen LogP contribution >= 0.6 is 0 Å². The van der Waals surface area contributed by atoms with Crippen LogP contribution in [0.15, 0.2) is 54.6 Å². The molecule has 1 heterocycles. The van der Waals surface area contributed by atoms with Crippen LogP contribution in [-0.2, 0) is 11.3 Å². The Labute approximate surface area is 114 Å². The zero-order valence-electron chi connectivity index (χ0n) is 11.3. The summed E-state index contributed by atoms with van der Waals surface area (Å²) >= 11 is 0. The molecular formula is C17H20NO+. The Kier molecular flexibility index (Phi) is 3.62. The highest BCUT2D eigenvalue weighted by Crippen LogP contribution is 2.28. The van der Waals surface area contributed by atoms with Crippen LogP contribution < -0.4 is 4.90 Å². The topological polar surface area (TPSA) is 13.7 Å². The van der Waals surface area contributed by atoms with Crippen LogP contribution in [0.25, 0.3) is 0 Å². The van der Waals surface area contributed by atoms with Gasteiger partial charge in [-0.25, -0.2) is 0 Å². The second-order valence-electron chi connectivity index (χ2n) is 5.24. The molecule has 3 rings (SSSR count). The molecule has 0 aliphatic carbocycles. The summed E-state index contributed by atoms with van der Waals surface area (Å²) in [7, 11) is 2.23. The number of benzene rings is 2. The zero-order chi connectivity index (χ0) is 13.1. The predicted molar refractivity (Wildman–Crippen MR) is 76.1 cm³/mol. The molecule has 2 atom stereocenters. The van der Waals surface area contributed by atoms with Gasteiger partial charge < -0.3 is 9.64 Å². The van der Waals surface area contributed by atoms with Crippen LogP contribution in [0.1, 0.15) is 22.8 Å². The lowest BCUT2D eigenvalue weighted by molar-refractivity contribution is -0.894. The molecule has 19 heavy (non-hydrogen) atoms. The van der Waals surface area contributed by atoms with Crippen LogP contribution in [0.2, 0.25) is 0 Å². The molecule has 98 valence electrons. The van der Waals surface area contributed by atoms with Gasteiger partial charge in [-0.05, 0) is 11.1 Å². The van der Waals surface area contributed by atoms with E-state index < -0.39 is 0 Å². The summed E-state index contributed by atoms with van der Waals surface area (Å²) in [5, 5.41) is 0. The van der Waals surface area contributed by atoms with Gasteiger partial charge in [0.1, 0.15) is 19.2 Å². The molecule has 0 aromatic heterocycles. The SMILES string of the molecule is C[NH+]1CCO[C@@H](c2ccccc2)c2ccccc2C1. The maximum atomic E-state index is 6.15. The van der Waals surface area contributed by atoms with Gasteiger partial charge in [-0.2, -0.15) is 0 Å². The molecular weight excluding hydrogens is 234 g/mol. The molecule has 0 bridgehead atoms. The number of quaternary nitrogens is 1. The second-order valence-corrected chi connectivity index (χ2v) is 5.24. The minimum atomic E-state index is 0.0745. The van der Waals surface area contributed by atoms with E-state index in [2.05, 4.69) is 61.6 Å². The molecule has 0 fully saturated rings. The first kappa shape index (κ1) is 12.4. The van der Waals surface area contributed by atoms with Crippen molar-refractivity contribution in [3.8, 4) is 0 Å². The van der Waals surface area contributed by atoms with E-state index in [1.807, 2.05) is 0 Å². The summed E-state index contributed by atoms with van der Waals surface area (Å²) in [6.07, 6.45) is 0.0745. The molecule has 1 unspecified atom stereocenters. The maximum absolute atomic E-state index is 6.15. The van der Waals surface area contributed by atoms with Crippen LogP contribution in [0, 0.1) is 0 Å². The van der Waals surface area contributed by atoms with E-state index in [1.165, 1.54) is 21.6 Å². The van der Waals surface area contributed by atoms with Crippen molar-refractivity contribution in [2.75, 3.05) is 20.2 Å². The first-order valence-electron chi connectivity index (χ1n) is 6.90. The smallest absolute Gasteiger partial charge is 0.108 e. The van der Waals surface area contributed by atoms with Gasteiger partial charge in [0, 0.05) is 5.56 Å². The van der Waals surface area contributed by atoms with Crippen molar-refractivity contribution in [3.63, 3.8) is 0 Å². The summed E-state index contributed by atoms with van der Waals surface area (Å²) in [5.74, 6) is 0. The molecule has 0 saturated heterocycles. The van der Waals surface area contributed by atoms with Crippen molar-refractivity contribution in [2.24, 2.45) is 0 Å². The fourth-order valence-corrected chi connectivity index (χ4v) is 2.71. The molecule has 0 spiro atoms. The number of nitrogens with one attached hydrogen (secondary N) is 1. The second kappa shape index (κ2) is 5.55. The third-order valence-corrected chi connectivity index (χ3v) is 3.75. The lowest BCUT2D eigenvalue weighted by Gasteiger charge is -2.26. The van der Waals surface area contributed by atoms with Crippen molar-refractivity contribution < 1.29 is 9.64 Å².